The van der Waals surface area contributed by atoms with Gasteiger partial charge in [0.05, 0.1) is 5.52 Å². The first-order valence-electron chi connectivity index (χ1n) is 3.47. The Bertz CT molecular complexity index is 389. The quantitative estimate of drug-likeness (QED) is 0.592. The van der Waals surface area contributed by atoms with Gasteiger partial charge in [0.2, 0.25) is 0 Å². The van der Waals surface area contributed by atoms with Gasteiger partial charge < -0.3 is 10.7 Å². The van der Waals surface area contributed by atoms with Crippen molar-refractivity contribution in [1.82, 2.24) is 9.97 Å². The lowest BCUT2D eigenvalue weighted by atomic mass is 10.2. The molecule has 0 aliphatic carbocycles. The van der Waals surface area contributed by atoms with E-state index >= 15 is 0 Å². The van der Waals surface area contributed by atoms with Gasteiger partial charge in [-0.3, -0.25) is 0 Å². The first kappa shape index (κ1) is 6.22. The number of anilines is 1. The highest BCUT2D eigenvalue weighted by molar-refractivity contribution is 5.90. The van der Waals surface area contributed by atoms with Crippen LogP contribution >= 0.6 is 0 Å². The normalized spacial score (nSPS) is 10.6. The van der Waals surface area contributed by atoms with Crippen LogP contribution in [0.4, 0.5) is 5.82 Å². The molecule has 0 radical (unpaired) electrons. The summed E-state index contributed by atoms with van der Waals surface area (Å²) >= 11 is 0. The molecule has 0 saturated carbocycles. The number of nitrogens with one attached hydrogen (secondary N) is 1. The molecule has 0 bridgehead atoms. The summed E-state index contributed by atoms with van der Waals surface area (Å²) in [6, 6.07) is 1.96. The van der Waals surface area contributed by atoms with E-state index in [1.54, 1.807) is 6.20 Å². The Morgan fingerprint density at radius 1 is 1.55 bits per heavy atom. The molecule has 2 aromatic rings. The molecule has 0 aliphatic heterocycles. The van der Waals surface area contributed by atoms with Crippen molar-refractivity contribution >= 4 is 16.7 Å². The summed E-state index contributed by atoms with van der Waals surface area (Å²) in [6.07, 6.45) is 3.65. The van der Waals surface area contributed by atoms with Crippen molar-refractivity contribution in [3.05, 3.63) is 24.0 Å². The number of pyridine rings is 1. The summed E-state index contributed by atoms with van der Waals surface area (Å²) in [5.74, 6) is 0.565. The maximum atomic E-state index is 5.63. The molecule has 11 heavy (non-hydrogen) atoms. The molecule has 3 N–H and O–H groups in total. The molecule has 2 heterocycles. The van der Waals surface area contributed by atoms with Crippen LogP contribution in [0.1, 0.15) is 5.56 Å². The molecule has 0 aliphatic rings. The van der Waals surface area contributed by atoms with Crippen LogP contribution in [0.15, 0.2) is 18.5 Å². The predicted octanol–water partition coefficient (Wildman–Crippen LogP) is 1.45. The molecule has 56 valence electrons. The Balaban J connectivity index is 2.94. The molecule has 0 unspecified atom stereocenters. The van der Waals surface area contributed by atoms with E-state index in [1.807, 2.05) is 19.2 Å². The molecule has 0 atom stereocenters. The smallest absolute Gasteiger partial charge is 0.147 e. The number of H-pyrrole nitrogens is 1. The van der Waals surface area contributed by atoms with E-state index in [0.717, 1.165) is 10.9 Å². The van der Waals surface area contributed by atoms with Gasteiger partial charge >= 0.3 is 0 Å². The number of fused-ring (bicyclic) bond motifs is 1. The number of rotatable bonds is 0. The highest BCUT2D eigenvalue weighted by atomic mass is 14.9. The topological polar surface area (TPSA) is 54.7 Å². The van der Waals surface area contributed by atoms with Crippen LogP contribution in [0.25, 0.3) is 10.9 Å². The standard InChI is InChI=1S/C8H9N3/c1-5-4-11-7-6(5)2-3-10-8(7)9/h2-4,11H,1H3,(H2,9,10). The summed E-state index contributed by atoms with van der Waals surface area (Å²) in [5.41, 5.74) is 7.77. The summed E-state index contributed by atoms with van der Waals surface area (Å²) < 4.78 is 0. The molecular weight excluding hydrogens is 138 g/mol. The second kappa shape index (κ2) is 1.99. The highest BCUT2D eigenvalue weighted by Gasteiger charge is 2.01. The summed E-state index contributed by atoms with van der Waals surface area (Å²) in [5, 5.41) is 1.15. The van der Waals surface area contributed by atoms with Gasteiger partial charge in [-0.25, -0.2) is 4.98 Å². The second-order valence-electron chi connectivity index (χ2n) is 2.59. The fourth-order valence-corrected chi connectivity index (χ4v) is 1.22. The van der Waals surface area contributed by atoms with E-state index in [4.69, 9.17) is 5.73 Å². The average molecular weight is 147 g/mol. The van der Waals surface area contributed by atoms with Gasteiger partial charge in [-0.2, -0.15) is 0 Å². The second-order valence-corrected chi connectivity index (χ2v) is 2.59. The Labute approximate surface area is 64.2 Å². The fourth-order valence-electron chi connectivity index (χ4n) is 1.22. The summed E-state index contributed by atoms with van der Waals surface area (Å²) in [7, 11) is 0. The molecule has 2 rings (SSSR count). The van der Waals surface area contributed by atoms with Gasteiger partial charge in [0.1, 0.15) is 5.82 Å². The number of aromatic nitrogens is 2. The first-order chi connectivity index (χ1) is 5.29. The zero-order chi connectivity index (χ0) is 7.84. The number of aryl methyl sites for hydroxylation is 1. The molecule has 3 heteroatoms. The Morgan fingerprint density at radius 2 is 2.36 bits per heavy atom. The zero-order valence-electron chi connectivity index (χ0n) is 6.26. The van der Waals surface area contributed by atoms with Crippen molar-refractivity contribution < 1.29 is 0 Å². The molecule has 0 fully saturated rings. The largest absolute Gasteiger partial charge is 0.382 e. The van der Waals surface area contributed by atoms with E-state index in [-0.39, 0.29) is 0 Å². The lowest BCUT2D eigenvalue weighted by molar-refractivity contribution is 1.34. The van der Waals surface area contributed by atoms with Crippen molar-refractivity contribution in [2.24, 2.45) is 0 Å². The summed E-state index contributed by atoms with van der Waals surface area (Å²) in [6.45, 7) is 2.04. The van der Waals surface area contributed by atoms with Crippen LogP contribution in [0.5, 0.6) is 0 Å². The SMILES string of the molecule is Cc1c[nH]c2c(N)nccc12. The van der Waals surface area contributed by atoms with Gasteiger partial charge in [-0.1, -0.05) is 0 Å². The van der Waals surface area contributed by atoms with E-state index < -0.39 is 0 Å². The minimum atomic E-state index is 0.565. The molecule has 0 saturated heterocycles. The maximum Gasteiger partial charge on any atom is 0.147 e. The van der Waals surface area contributed by atoms with E-state index in [0.29, 0.717) is 5.82 Å². The highest BCUT2D eigenvalue weighted by Crippen LogP contribution is 2.19. The van der Waals surface area contributed by atoms with Crippen LogP contribution < -0.4 is 5.73 Å². The number of aromatic amines is 1. The Morgan fingerprint density at radius 3 is 3.09 bits per heavy atom. The number of hydrogen-bond acceptors (Lipinski definition) is 2. The molecule has 2 aromatic heterocycles. The van der Waals surface area contributed by atoms with E-state index in [9.17, 15) is 0 Å². The third-order valence-electron chi connectivity index (χ3n) is 1.84. The van der Waals surface area contributed by atoms with Crippen LogP contribution in [-0.2, 0) is 0 Å². The van der Waals surface area contributed by atoms with Gasteiger partial charge in [0.15, 0.2) is 0 Å². The Hall–Kier alpha value is -1.51. The lowest BCUT2D eigenvalue weighted by Gasteiger charge is -1.93. The fraction of sp³-hybridized carbons (Fsp3) is 0.125. The van der Waals surface area contributed by atoms with Crippen molar-refractivity contribution in [1.29, 1.82) is 0 Å². The van der Waals surface area contributed by atoms with E-state index in [2.05, 4.69) is 9.97 Å². The third-order valence-corrected chi connectivity index (χ3v) is 1.84. The van der Waals surface area contributed by atoms with Gasteiger partial charge in [-0.15, -0.1) is 0 Å². The molecule has 0 spiro atoms. The Kier molecular flexibility index (Phi) is 1.12. The monoisotopic (exact) mass is 147 g/mol. The average Bonchev–Trinajstić information content (AvgIpc) is 2.35. The molecule has 0 aromatic carbocycles. The minimum absolute atomic E-state index is 0.565. The van der Waals surface area contributed by atoms with Crippen molar-refractivity contribution in [3.63, 3.8) is 0 Å². The van der Waals surface area contributed by atoms with Crippen LogP contribution in [0, 0.1) is 6.92 Å². The minimum Gasteiger partial charge on any atom is -0.382 e. The maximum absolute atomic E-state index is 5.63. The number of nitrogens with zero attached hydrogens (tertiary/aromatic N) is 1. The predicted molar refractivity (Wildman–Crippen MR) is 45.2 cm³/mol. The molecular formula is C8H9N3. The van der Waals surface area contributed by atoms with Crippen LogP contribution in [0.3, 0.4) is 0 Å². The van der Waals surface area contributed by atoms with Crippen LogP contribution in [-0.4, -0.2) is 9.97 Å². The van der Waals surface area contributed by atoms with Crippen molar-refractivity contribution in [2.45, 2.75) is 6.92 Å². The summed E-state index contributed by atoms with van der Waals surface area (Å²) in [4.78, 5) is 7.04. The van der Waals surface area contributed by atoms with Gasteiger partial charge in [0, 0.05) is 17.8 Å². The van der Waals surface area contributed by atoms with Crippen molar-refractivity contribution in [3.8, 4) is 0 Å². The number of nitrogens with two attached hydrogens (primary N) is 1. The molecule has 0 amide bonds. The zero-order valence-corrected chi connectivity index (χ0v) is 6.26. The van der Waals surface area contributed by atoms with Crippen molar-refractivity contribution in [2.75, 3.05) is 5.73 Å². The van der Waals surface area contributed by atoms with Gasteiger partial charge in [-0.05, 0) is 18.6 Å². The first-order valence-corrected chi connectivity index (χ1v) is 3.47. The number of hydrogen-bond donors (Lipinski definition) is 2. The van der Waals surface area contributed by atoms with Crippen LogP contribution in [0.2, 0.25) is 0 Å². The number of nitrogen functional groups attached to an aromatic ring is 1. The molecule has 3 nitrogen and oxygen atoms in total. The lowest BCUT2D eigenvalue weighted by Crippen LogP contribution is -1.89. The third kappa shape index (κ3) is 0.774. The van der Waals surface area contributed by atoms with Gasteiger partial charge in [0.25, 0.3) is 0 Å². The van der Waals surface area contributed by atoms with E-state index in [1.165, 1.54) is 5.56 Å².